The van der Waals surface area contributed by atoms with E-state index in [0.29, 0.717) is 0 Å². The van der Waals surface area contributed by atoms with E-state index in [2.05, 4.69) is 0 Å². The van der Waals surface area contributed by atoms with Crippen LogP contribution in [0.1, 0.15) is 0 Å². The molecule has 0 radical (unpaired) electrons. The van der Waals surface area contributed by atoms with Crippen molar-refractivity contribution in [1.29, 1.82) is 0 Å². The lowest BCUT2D eigenvalue weighted by atomic mass is 10.1. The monoisotopic (exact) mass is 448 g/mol. The highest BCUT2D eigenvalue weighted by atomic mass is 16.7. The van der Waals surface area contributed by atoms with Gasteiger partial charge in [-0.25, -0.2) is 0 Å². The van der Waals surface area contributed by atoms with Gasteiger partial charge in [-0.1, -0.05) is 0 Å². The average Bonchev–Trinajstić information content (AvgIpc) is 2.75. The van der Waals surface area contributed by atoms with E-state index in [9.17, 15) is 35.4 Å². The first kappa shape index (κ1) is 21.7. The van der Waals surface area contributed by atoms with Crippen LogP contribution in [0, 0.1) is 0 Å². The molecule has 0 aliphatic carbocycles. The minimum atomic E-state index is -1.70. The molecule has 3 aromatic rings. The molecule has 4 atom stereocenters. The van der Waals surface area contributed by atoms with E-state index < -0.39 is 41.5 Å². The molecule has 2 heterocycles. The maximum Gasteiger partial charge on any atom is 0.239 e. The van der Waals surface area contributed by atoms with Gasteiger partial charge in [-0.2, -0.15) is 0 Å². The van der Waals surface area contributed by atoms with Gasteiger partial charge in [-0.3, -0.25) is 4.79 Å². The summed E-state index contributed by atoms with van der Waals surface area (Å²) in [5.41, 5.74) is -0.813. The number of benzene rings is 2. The minimum absolute atomic E-state index is 0.0578. The van der Waals surface area contributed by atoms with Gasteiger partial charge in [0, 0.05) is 17.7 Å². The van der Waals surface area contributed by atoms with Gasteiger partial charge in [0.1, 0.15) is 40.8 Å². The van der Waals surface area contributed by atoms with E-state index in [1.807, 2.05) is 0 Å². The van der Waals surface area contributed by atoms with Crippen molar-refractivity contribution in [3.05, 3.63) is 40.6 Å². The molecule has 0 unspecified atom stereocenters. The Labute approximate surface area is 179 Å². The number of fused-ring (bicyclic) bond motifs is 1. The van der Waals surface area contributed by atoms with Crippen LogP contribution in [-0.2, 0) is 4.74 Å². The molecule has 0 saturated carbocycles. The summed E-state index contributed by atoms with van der Waals surface area (Å²) in [6.45, 7) is -0.372. The predicted molar refractivity (Wildman–Crippen MR) is 108 cm³/mol. The number of phenols is 3. The number of aromatic hydroxyl groups is 3. The van der Waals surface area contributed by atoms with E-state index in [4.69, 9.17) is 18.6 Å². The topological polar surface area (TPSA) is 179 Å². The van der Waals surface area contributed by atoms with E-state index in [-0.39, 0.29) is 46.1 Å². The molecule has 170 valence electrons. The van der Waals surface area contributed by atoms with Crippen LogP contribution in [0.2, 0.25) is 0 Å². The van der Waals surface area contributed by atoms with E-state index in [1.54, 1.807) is 0 Å². The van der Waals surface area contributed by atoms with Crippen molar-refractivity contribution in [2.24, 2.45) is 0 Å². The predicted octanol–water partition coefficient (Wildman–Crippen LogP) is 0.403. The SMILES string of the molecule is COc1cc(-c2oc3cc(O)cc(O)c3c(=O)c2O[C@@H]2OC[C@@H](O)[C@H](O)[C@H]2O)ccc1O. The first-order valence-electron chi connectivity index (χ1n) is 9.44. The Kier molecular flexibility index (Phi) is 5.57. The Morgan fingerprint density at radius 1 is 1.00 bits per heavy atom. The number of methoxy groups -OCH3 is 1. The third kappa shape index (κ3) is 3.67. The fraction of sp³-hybridized carbons (Fsp3) is 0.286. The summed E-state index contributed by atoms with van der Waals surface area (Å²) in [5, 5.41) is 59.3. The summed E-state index contributed by atoms with van der Waals surface area (Å²) in [6, 6.07) is 6.10. The van der Waals surface area contributed by atoms with Gasteiger partial charge < -0.3 is 49.3 Å². The second-order valence-corrected chi connectivity index (χ2v) is 7.18. The zero-order chi connectivity index (χ0) is 23.2. The Morgan fingerprint density at radius 2 is 1.75 bits per heavy atom. The molecule has 6 N–H and O–H groups in total. The molecule has 1 aliphatic rings. The van der Waals surface area contributed by atoms with Gasteiger partial charge in [0.25, 0.3) is 0 Å². The minimum Gasteiger partial charge on any atom is -0.508 e. The average molecular weight is 448 g/mol. The van der Waals surface area contributed by atoms with Crippen LogP contribution in [0.15, 0.2) is 39.5 Å². The van der Waals surface area contributed by atoms with E-state index in [1.165, 1.54) is 25.3 Å². The Balaban J connectivity index is 1.92. The van der Waals surface area contributed by atoms with Crippen molar-refractivity contribution >= 4 is 11.0 Å². The summed E-state index contributed by atoms with van der Waals surface area (Å²) < 4.78 is 21.6. The molecule has 2 aromatic carbocycles. The Morgan fingerprint density at radius 3 is 2.47 bits per heavy atom. The van der Waals surface area contributed by atoms with Crippen molar-refractivity contribution < 1.29 is 49.3 Å². The summed E-state index contributed by atoms with van der Waals surface area (Å²) in [7, 11) is 1.32. The summed E-state index contributed by atoms with van der Waals surface area (Å²) in [4.78, 5) is 13.2. The molecule has 32 heavy (non-hydrogen) atoms. The second kappa shape index (κ2) is 8.20. The summed E-state index contributed by atoms with van der Waals surface area (Å²) >= 11 is 0. The number of ether oxygens (including phenoxy) is 3. The Bertz CT molecular complexity index is 1220. The zero-order valence-electron chi connectivity index (χ0n) is 16.6. The lowest BCUT2D eigenvalue weighted by molar-refractivity contribution is -0.242. The van der Waals surface area contributed by atoms with Crippen LogP contribution in [0.25, 0.3) is 22.3 Å². The van der Waals surface area contributed by atoms with Crippen LogP contribution < -0.4 is 14.9 Å². The van der Waals surface area contributed by atoms with Crippen LogP contribution in [0.5, 0.6) is 28.7 Å². The van der Waals surface area contributed by atoms with Crippen molar-refractivity contribution in [3.63, 3.8) is 0 Å². The maximum absolute atomic E-state index is 13.2. The third-order valence-corrected chi connectivity index (χ3v) is 5.05. The molecule has 1 saturated heterocycles. The fourth-order valence-corrected chi connectivity index (χ4v) is 3.38. The quantitative estimate of drug-likeness (QED) is 0.325. The third-order valence-electron chi connectivity index (χ3n) is 5.05. The number of aliphatic hydroxyl groups is 3. The Hall–Kier alpha value is -3.51. The molecular formula is C21H20O11. The van der Waals surface area contributed by atoms with Crippen LogP contribution in [0.3, 0.4) is 0 Å². The number of hydrogen-bond donors (Lipinski definition) is 6. The van der Waals surface area contributed by atoms with Gasteiger partial charge in [0.05, 0.1) is 13.7 Å². The molecule has 11 nitrogen and oxygen atoms in total. The van der Waals surface area contributed by atoms with Crippen molar-refractivity contribution in [2.75, 3.05) is 13.7 Å². The second-order valence-electron chi connectivity index (χ2n) is 7.18. The molecule has 0 amide bonds. The van der Waals surface area contributed by atoms with E-state index >= 15 is 0 Å². The summed E-state index contributed by atoms with van der Waals surface area (Å²) in [6.07, 6.45) is -6.20. The zero-order valence-corrected chi connectivity index (χ0v) is 16.6. The fourth-order valence-electron chi connectivity index (χ4n) is 3.38. The first-order chi connectivity index (χ1) is 15.2. The number of phenolic OH excluding ortho intramolecular Hbond substituents is 3. The highest BCUT2D eigenvalue weighted by molar-refractivity contribution is 5.88. The number of rotatable bonds is 4. The maximum atomic E-state index is 13.2. The van der Waals surface area contributed by atoms with Crippen LogP contribution >= 0.6 is 0 Å². The van der Waals surface area contributed by atoms with Gasteiger partial charge in [-0.15, -0.1) is 0 Å². The smallest absolute Gasteiger partial charge is 0.239 e. The van der Waals surface area contributed by atoms with Crippen molar-refractivity contribution in [2.45, 2.75) is 24.6 Å². The van der Waals surface area contributed by atoms with Gasteiger partial charge in [0.15, 0.2) is 17.3 Å². The molecule has 1 aliphatic heterocycles. The molecular weight excluding hydrogens is 428 g/mol. The summed E-state index contributed by atoms with van der Waals surface area (Å²) in [5.74, 6) is -1.73. The van der Waals surface area contributed by atoms with Crippen molar-refractivity contribution in [1.82, 2.24) is 0 Å². The highest BCUT2D eigenvalue weighted by Crippen LogP contribution is 2.39. The largest absolute Gasteiger partial charge is 0.508 e. The van der Waals surface area contributed by atoms with Gasteiger partial charge >= 0.3 is 0 Å². The van der Waals surface area contributed by atoms with Crippen molar-refractivity contribution in [3.8, 4) is 40.1 Å². The number of hydrogen-bond acceptors (Lipinski definition) is 11. The molecule has 0 spiro atoms. The van der Waals surface area contributed by atoms with Crippen LogP contribution in [-0.4, -0.2) is 69.0 Å². The van der Waals surface area contributed by atoms with Gasteiger partial charge in [0.2, 0.25) is 17.5 Å². The van der Waals surface area contributed by atoms with E-state index in [0.717, 1.165) is 12.1 Å². The first-order valence-corrected chi connectivity index (χ1v) is 9.44. The lowest BCUT2D eigenvalue weighted by Crippen LogP contribution is -2.55. The normalized spacial score (nSPS) is 23.2. The standard InChI is InChI=1S/C21H20O11/c1-29-13-4-8(2-3-10(13)23)19-20(32-21-18(28)16(26)12(25)7-30-21)17(27)15-11(24)5-9(22)6-14(15)31-19/h2-6,12,16,18,21-26,28H,7H2,1H3/t12-,16+,18-,21+/m1/s1. The number of aliphatic hydroxyl groups excluding tert-OH is 3. The molecule has 1 aromatic heterocycles. The van der Waals surface area contributed by atoms with Gasteiger partial charge in [-0.05, 0) is 18.2 Å². The molecule has 4 rings (SSSR count). The molecule has 11 heteroatoms. The molecule has 0 bridgehead atoms. The lowest BCUT2D eigenvalue weighted by Gasteiger charge is -2.34. The van der Waals surface area contributed by atoms with Crippen LogP contribution in [0.4, 0.5) is 0 Å². The molecule has 1 fully saturated rings. The highest BCUT2D eigenvalue weighted by Gasteiger charge is 2.40.